The van der Waals surface area contributed by atoms with E-state index in [1.807, 2.05) is 0 Å². The van der Waals surface area contributed by atoms with Crippen molar-refractivity contribution in [1.82, 2.24) is 4.72 Å². The Kier molecular flexibility index (Phi) is 6.40. The van der Waals surface area contributed by atoms with Gasteiger partial charge in [-0.2, -0.15) is 4.72 Å². The quantitative estimate of drug-likeness (QED) is 0.337. The number of nitrogens with one attached hydrogen (secondary N) is 1. The number of nitro groups is 1. The largest absolute Gasteiger partial charge is 0.480 e. The molecule has 0 aliphatic heterocycles. The molecule has 122 valence electrons. The summed E-state index contributed by atoms with van der Waals surface area (Å²) < 4.78 is 26.3. The number of nitro benzene ring substituents is 1. The van der Waals surface area contributed by atoms with Gasteiger partial charge in [-0.15, -0.1) is 0 Å². The number of nitrogens with zero attached hydrogens (tertiary/aromatic N) is 1. The van der Waals surface area contributed by atoms with Crippen molar-refractivity contribution < 1.29 is 23.2 Å². The molecule has 1 rings (SSSR count). The standard InChI is InChI=1S/C12H17N3O6S/c13-8-2-1-3-11(12(16)17)14-22(20,21)10-6-4-9(5-7-10)15(18)19/h4-7,11,14H,1-3,8,13H2,(H,16,17). The van der Waals surface area contributed by atoms with Crippen LogP contribution in [-0.2, 0) is 14.8 Å². The third-order valence-electron chi connectivity index (χ3n) is 2.90. The Balaban J connectivity index is 2.87. The highest BCUT2D eigenvalue weighted by atomic mass is 32.2. The number of rotatable bonds is 9. The molecule has 22 heavy (non-hydrogen) atoms. The van der Waals surface area contributed by atoms with Crippen LogP contribution in [-0.4, -0.2) is 37.0 Å². The molecule has 0 bridgehead atoms. The first kappa shape index (κ1) is 18.0. The number of non-ortho nitro benzene ring substituents is 1. The molecule has 0 saturated heterocycles. The van der Waals surface area contributed by atoms with E-state index < -0.39 is 27.0 Å². The van der Waals surface area contributed by atoms with Crippen molar-refractivity contribution in [2.24, 2.45) is 5.73 Å². The zero-order valence-electron chi connectivity index (χ0n) is 11.6. The Morgan fingerprint density at radius 1 is 1.32 bits per heavy atom. The number of sulfonamides is 1. The minimum absolute atomic E-state index is 0.110. The third kappa shape index (κ3) is 5.06. The highest BCUT2D eigenvalue weighted by Crippen LogP contribution is 2.16. The zero-order chi connectivity index (χ0) is 16.8. The van der Waals surface area contributed by atoms with Crippen LogP contribution in [0.1, 0.15) is 19.3 Å². The second kappa shape index (κ2) is 7.82. The Morgan fingerprint density at radius 3 is 2.36 bits per heavy atom. The van der Waals surface area contributed by atoms with Crippen molar-refractivity contribution in [3.63, 3.8) is 0 Å². The van der Waals surface area contributed by atoms with Gasteiger partial charge in [-0.1, -0.05) is 6.42 Å². The smallest absolute Gasteiger partial charge is 0.321 e. The van der Waals surface area contributed by atoms with Crippen molar-refractivity contribution in [1.29, 1.82) is 0 Å². The Bertz CT molecular complexity index is 629. The van der Waals surface area contributed by atoms with Gasteiger partial charge in [0.05, 0.1) is 9.82 Å². The molecule has 0 aromatic heterocycles. The fourth-order valence-electron chi connectivity index (χ4n) is 1.73. The van der Waals surface area contributed by atoms with Gasteiger partial charge < -0.3 is 10.8 Å². The second-order valence-electron chi connectivity index (χ2n) is 4.55. The summed E-state index contributed by atoms with van der Waals surface area (Å²) in [5.41, 5.74) is 5.05. The number of hydrogen-bond acceptors (Lipinski definition) is 6. The maximum absolute atomic E-state index is 12.1. The fraction of sp³-hybridized carbons (Fsp3) is 0.417. The summed E-state index contributed by atoms with van der Waals surface area (Å²) in [4.78, 5) is 20.7. The Morgan fingerprint density at radius 2 is 1.91 bits per heavy atom. The van der Waals surface area contributed by atoms with Gasteiger partial charge in [-0.25, -0.2) is 8.42 Å². The highest BCUT2D eigenvalue weighted by Gasteiger charge is 2.25. The van der Waals surface area contributed by atoms with Crippen LogP contribution in [0.2, 0.25) is 0 Å². The third-order valence-corrected chi connectivity index (χ3v) is 4.39. The molecule has 1 aromatic rings. The van der Waals surface area contributed by atoms with Crippen LogP contribution in [0.25, 0.3) is 0 Å². The summed E-state index contributed by atoms with van der Waals surface area (Å²) in [6.45, 7) is 0.390. The molecule has 0 fully saturated rings. The van der Waals surface area contributed by atoms with Crippen molar-refractivity contribution in [3.05, 3.63) is 34.4 Å². The summed E-state index contributed by atoms with van der Waals surface area (Å²) in [7, 11) is -4.07. The molecule has 0 radical (unpaired) electrons. The molecule has 9 nitrogen and oxygen atoms in total. The molecule has 0 spiro atoms. The number of unbranched alkanes of at least 4 members (excludes halogenated alkanes) is 1. The number of aliphatic carboxylic acids is 1. The van der Waals surface area contributed by atoms with E-state index in [0.29, 0.717) is 19.4 Å². The lowest BCUT2D eigenvalue weighted by atomic mass is 10.1. The summed E-state index contributed by atoms with van der Waals surface area (Å²) in [5, 5.41) is 19.6. The predicted molar refractivity (Wildman–Crippen MR) is 77.7 cm³/mol. The van der Waals surface area contributed by atoms with Gasteiger partial charge in [0.25, 0.3) is 5.69 Å². The molecule has 4 N–H and O–H groups in total. The molecule has 1 atom stereocenters. The van der Waals surface area contributed by atoms with Crippen molar-refractivity contribution in [2.45, 2.75) is 30.2 Å². The van der Waals surface area contributed by atoms with E-state index in [1.54, 1.807) is 0 Å². The minimum Gasteiger partial charge on any atom is -0.480 e. The first-order valence-electron chi connectivity index (χ1n) is 6.47. The lowest BCUT2D eigenvalue weighted by molar-refractivity contribution is -0.384. The summed E-state index contributed by atoms with van der Waals surface area (Å²) in [5.74, 6) is -1.29. The number of hydrogen-bond donors (Lipinski definition) is 3. The number of carboxylic acids is 1. The number of carboxylic acid groups (broad SMARTS) is 1. The molecule has 0 aliphatic rings. The molecule has 1 aromatic carbocycles. The number of carbonyl (C=O) groups is 1. The summed E-state index contributed by atoms with van der Waals surface area (Å²) in [6.07, 6.45) is 1.16. The molecule has 1 unspecified atom stereocenters. The van der Waals surface area contributed by atoms with E-state index in [-0.39, 0.29) is 17.0 Å². The van der Waals surface area contributed by atoms with E-state index in [1.165, 1.54) is 0 Å². The van der Waals surface area contributed by atoms with Crippen LogP contribution < -0.4 is 10.5 Å². The molecule has 0 aliphatic carbocycles. The molecule has 10 heteroatoms. The van der Waals surface area contributed by atoms with E-state index in [2.05, 4.69) is 4.72 Å². The van der Waals surface area contributed by atoms with Gasteiger partial charge in [-0.3, -0.25) is 14.9 Å². The number of nitrogens with two attached hydrogens (primary N) is 1. The average molecular weight is 331 g/mol. The van der Waals surface area contributed by atoms with Crippen LogP contribution >= 0.6 is 0 Å². The SMILES string of the molecule is NCCCCC(NS(=O)(=O)c1ccc([N+](=O)[O-])cc1)C(=O)O. The predicted octanol–water partition coefficient (Wildman–Crippen LogP) is 0.455. The minimum atomic E-state index is -4.07. The average Bonchev–Trinajstić information content (AvgIpc) is 2.46. The first-order valence-corrected chi connectivity index (χ1v) is 7.96. The fourth-order valence-corrected chi connectivity index (χ4v) is 2.95. The van der Waals surface area contributed by atoms with Crippen LogP contribution in [0.4, 0.5) is 5.69 Å². The van der Waals surface area contributed by atoms with Crippen molar-refractivity contribution >= 4 is 21.7 Å². The van der Waals surface area contributed by atoms with E-state index in [0.717, 1.165) is 24.3 Å². The topological polar surface area (TPSA) is 153 Å². The maximum atomic E-state index is 12.1. The van der Waals surface area contributed by atoms with Crippen molar-refractivity contribution in [2.75, 3.05) is 6.54 Å². The molecule has 0 amide bonds. The van der Waals surface area contributed by atoms with Gasteiger partial charge in [-0.05, 0) is 31.5 Å². The monoisotopic (exact) mass is 331 g/mol. The molecular formula is C12H17N3O6S. The highest BCUT2D eigenvalue weighted by molar-refractivity contribution is 7.89. The van der Waals surface area contributed by atoms with Gasteiger partial charge in [0.15, 0.2) is 0 Å². The van der Waals surface area contributed by atoms with Crippen LogP contribution in [0.15, 0.2) is 29.2 Å². The van der Waals surface area contributed by atoms with Crippen LogP contribution in [0.3, 0.4) is 0 Å². The summed E-state index contributed by atoms with van der Waals surface area (Å²) >= 11 is 0. The molecule has 0 heterocycles. The van der Waals surface area contributed by atoms with E-state index in [9.17, 15) is 23.3 Å². The second-order valence-corrected chi connectivity index (χ2v) is 6.26. The molecule has 0 saturated carbocycles. The van der Waals surface area contributed by atoms with Crippen LogP contribution in [0, 0.1) is 10.1 Å². The summed E-state index contributed by atoms with van der Waals surface area (Å²) in [6, 6.07) is 2.92. The van der Waals surface area contributed by atoms with Gasteiger partial charge in [0, 0.05) is 12.1 Å². The number of benzene rings is 1. The van der Waals surface area contributed by atoms with Crippen LogP contribution in [0.5, 0.6) is 0 Å². The van der Waals surface area contributed by atoms with Crippen molar-refractivity contribution in [3.8, 4) is 0 Å². The maximum Gasteiger partial charge on any atom is 0.321 e. The Labute approximate surface area is 127 Å². The lowest BCUT2D eigenvalue weighted by Crippen LogP contribution is -2.40. The van der Waals surface area contributed by atoms with Gasteiger partial charge in [0.2, 0.25) is 10.0 Å². The normalized spacial score (nSPS) is 12.8. The first-order chi connectivity index (χ1) is 10.3. The molecular weight excluding hydrogens is 314 g/mol. The Hall–Kier alpha value is -2.04. The van der Waals surface area contributed by atoms with E-state index in [4.69, 9.17) is 10.8 Å². The van der Waals surface area contributed by atoms with Gasteiger partial charge >= 0.3 is 5.97 Å². The lowest BCUT2D eigenvalue weighted by Gasteiger charge is -2.14. The van der Waals surface area contributed by atoms with Gasteiger partial charge in [0.1, 0.15) is 6.04 Å². The zero-order valence-corrected chi connectivity index (χ0v) is 12.5. The van der Waals surface area contributed by atoms with E-state index >= 15 is 0 Å².